The summed E-state index contributed by atoms with van der Waals surface area (Å²) in [6.07, 6.45) is 1.39. The van der Waals surface area contributed by atoms with Gasteiger partial charge in [-0.3, -0.25) is 0 Å². The molecule has 114 valence electrons. The van der Waals surface area contributed by atoms with Gasteiger partial charge in [0.15, 0.2) is 0 Å². The topological polar surface area (TPSA) is 91.0 Å². The van der Waals surface area contributed by atoms with Crippen LogP contribution in [-0.4, -0.2) is 35.1 Å². The van der Waals surface area contributed by atoms with Gasteiger partial charge in [0.05, 0.1) is 0 Å². The molecule has 4 N–H and O–H groups in total. The maximum absolute atomic E-state index is 12.1. The number of benzene rings is 1. The molecule has 1 saturated heterocycles. The Hall–Kier alpha value is -2.24. The number of amides is 2. The number of likely N-dealkylation sites (tertiary alicyclic amines) is 1. The van der Waals surface area contributed by atoms with Crippen LogP contribution in [0, 0.1) is 5.41 Å². The zero-order valence-corrected chi connectivity index (χ0v) is 12.2. The summed E-state index contributed by atoms with van der Waals surface area (Å²) in [6, 6.07) is 9.73. The molecule has 0 aliphatic carbocycles. The molecular formula is C15H22N4O2. The first-order chi connectivity index (χ1) is 10.0. The fraction of sp³-hybridized carbons (Fsp3) is 0.467. The van der Waals surface area contributed by atoms with E-state index in [1.807, 2.05) is 37.3 Å². The predicted molar refractivity (Wildman–Crippen MR) is 81.0 cm³/mol. The van der Waals surface area contributed by atoms with Crippen molar-refractivity contribution >= 4 is 11.9 Å². The maximum atomic E-state index is 12.1. The van der Waals surface area contributed by atoms with Gasteiger partial charge in [-0.25, -0.2) is 4.79 Å². The Morgan fingerprint density at radius 3 is 2.57 bits per heavy atom. The summed E-state index contributed by atoms with van der Waals surface area (Å²) in [5, 5.41) is 14.8. The molecule has 0 spiro atoms. The first kappa shape index (κ1) is 15.2. The number of carbonyl (C=O) groups excluding carboxylic acids is 1. The van der Waals surface area contributed by atoms with Crippen LogP contribution in [0.4, 0.5) is 4.79 Å². The summed E-state index contributed by atoms with van der Waals surface area (Å²) in [4.78, 5) is 13.9. The second kappa shape index (κ2) is 6.47. The van der Waals surface area contributed by atoms with Gasteiger partial charge in [-0.2, -0.15) is 0 Å². The lowest BCUT2D eigenvalue weighted by Crippen LogP contribution is -2.50. The third-order valence-electron chi connectivity index (χ3n) is 4.17. The summed E-state index contributed by atoms with van der Waals surface area (Å²) < 4.78 is 0. The molecule has 0 saturated carbocycles. The van der Waals surface area contributed by atoms with Crippen molar-refractivity contribution in [3.05, 3.63) is 35.9 Å². The molecule has 6 nitrogen and oxygen atoms in total. The van der Waals surface area contributed by atoms with Crippen molar-refractivity contribution in [2.75, 3.05) is 13.1 Å². The molecule has 0 bridgehead atoms. The van der Waals surface area contributed by atoms with Gasteiger partial charge in [0.25, 0.3) is 0 Å². The van der Waals surface area contributed by atoms with Gasteiger partial charge in [0, 0.05) is 25.0 Å². The van der Waals surface area contributed by atoms with Gasteiger partial charge in [-0.05, 0) is 18.4 Å². The zero-order chi connectivity index (χ0) is 15.3. The highest BCUT2D eigenvalue weighted by Gasteiger charge is 2.35. The number of urea groups is 1. The quantitative estimate of drug-likeness (QED) is 0.343. The fourth-order valence-electron chi connectivity index (χ4n) is 2.47. The lowest BCUT2D eigenvalue weighted by atomic mass is 9.79. The number of oxime groups is 1. The average Bonchev–Trinajstić information content (AvgIpc) is 2.53. The number of hydrogen-bond donors (Lipinski definition) is 3. The highest BCUT2D eigenvalue weighted by molar-refractivity contribution is 5.86. The lowest BCUT2D eigenvalue weighted by Gasteiger charge is -2.38. The Morgan fingerprint density at radius 1 is 1.38 bits per heavy atom. The molecule has 0 atom stereocenters. The first-order valence-corrected chi connectivity index (χ1v) is 7.10. The summed E-state index contributed by atoms with van der Waals surface area (Å²) in [6.45, 7) is 3.69. The zero-order valence-electron chi connectivity index (χ0n) is 12.2. The van der Waals surface area contributed by atoms with Crippen molar-refractivity contribution in [3.63, 3.8) is 0 Å². The van der Waals surface area contributed by atoms with E-state index < -0.39 is 0 Å². The monoisotopic (exact) mass is 290 g/mol. The molecule has 21 heavy (non-hydrogen) atoms. The van der Waals surface area contributed by atoms with E-state index in [1.165, 1.54) is 0 Å². The van der Waals surface area contributed by atoms with Crippen LogP contribution in [-0.2, 0) is 6.54 Å². The van der Waals surface area contributed by atoms with E-state index in [1.54, 1.807) is 4.90 Å². The fourth-order valence-corrected chi connectivity index (χ4v) is 2.47. The summed E-state index contributed by atoms with van der Waals surface area (Å²) in [5.74, 6) is 0.242. The number of piperidine rings is 1. The van der Waals surface area contributed by atoms with Gasteiger partial charge < -0.3 is 21.2 Å². The third kappa shape index (κ3) is 3.65. The van der Waals surface area contributed by atoms with Crippen molar-refractivity contribution < 1.29 is 10.0 Å². The molecule has 0 aromatic heterocycles. The van der Waals surface area contributed by atoms with Crippen molar-refractivity contribution in [3.8, 4) is 0 Å². The van der Waals surface area contributed by atoms with Gasteiger partial charge in [0.1, 0.15) is 5.84 Å². The molecule has 2 amide bonds. The molecule has 1 heterocycles. The van der Waals surface area contributed by atoms with Gasteiger partial charge >= 0.3 is 6.03 Å². The molecule has 1 aliphatic heterocycles. The number of nitrogens with two attached hydrogens (primary N) is 1. The van der Waals surface area contributed by atoms with Crippen molar-refractivity contribution in [2.24, 2.45) is 16.3 Å². The lowest BCUT2D eigenvalue weighted by molar-refractivity contribution is 0.157. The molecule has 1 fully saturated rings. The molecule has 2 rings (SSSR count). The van der Waals surface area contributed by atoms with Crippen LogP contribution in [0.2, 0.25) is 0 Å². The minimum atomic E-state index is -0.328. The molecule has 1 aromatic rings. The Balaban J connectivity index is 1.83. The van der Waals surface area contributed by atoms with Crippen LogP contribution in [0.15, 0.2) is 35.5 Å². The standard InChI is InChI=1S/C15H22N4O2/c1-15(13(16)18-21)7-9-19(10-8-15)14(20)17-11-12-5-3-2-4-6-12/h2-6,21H,7-11H2,1H3,(H2,16,18)(H,17,20). The van der Waals surface area contributed by atoms with Crippen molar-refractivity contribution in [1.82, 2.24) is 10.2 Å². The highest BCUT2D eigenvalue weighted by Crippen LogP contribution is 2.30. The smallest absolute Gasteiger partial charge is 0.317 e. The van der Waals surface area contributed by atoms with Crippen LogP contribution >= 0.6 is 0 Å². The Bertz CT molecular complexity index is 508. The van der Waals surface area contributed by atoms with Crippen molar-refractivity contribution in [1.29, 1.82) is 0 Å². The van der Waals surface area contributed by atoms with Crippen LogP contribution < -0.4 is 11.1 Å². The normalized spacial score (nSPS) is 18.3. The number of rotatable bonds is 3. The number of nitrogens with zero attached hydrogens (tertiary/aromatic N) is 2. The minimum Gasteiger partial charge on any atom is -0.409 e. The van der Waals surface area contributed by atoms with Gasteiger partial charge in [0.2, 0.25) is 0 Å². The summed E-state index contributed by atoms with van der Waals surface area (Å²) in [5.41, 5.74) is 6.46. The molecule has 0 radical (unpaired) electrons. The van der Waals surface area contributed by atoms with E-state index in [-0.39, 0.29) is 17.3 Å². The van der Waals surface area contributed by atoms with E-state index in [4.69, 9.17) is 10.9 Å². The molecule has 1 aliphatic rings. The van der Waals surface area contributed by atoms with E-state index >= 15 is 0 Å². The van der Waals surface area contributed by atoms with Crippen molar-refractivity contribution in [2.45, 2.75) is 26.3 Å². The number of nitrogens with one attached hydrogen (secondary N) is 1. The number of hydrogen-bond acceptors (Lipinski definition) is 3. The average molecular weight is 290 g/mol. The van der Waals surface area contributed by atoms with Crippen LogP contribution in [0.25, 0.3) is 0 Å². The first-order valence-electron chi connectivity index (χ1n) is 7.10. The van der Waals surface area contributed by atoms with Crippen LogP contribution in [0.3, 0.4) is 0 Å². The summed E-state index contributed by atoms with van der Waals surface area (Å²) in [7, 11) is 0. The van der Waals surface area contributed by atoms with E-state index in [0.29, 0.717) is 32.5 Å². The molecule has 1 aromatic carbocycles. The second-order valence-corrected chi connectivity index (χ2v) is 5.68. The third-order valence-corrected chi connectivity index (χ3v) is 4.17. The number of amidine groups is 1. The van der Waals surface area contributed by atoms with E-state index in [0.717, 1.165) is 5.56 Å². The van der Waals surface area contributed by atoms with E-state index in [2.05, 4.69) is 10.5 Å². The Kier molecular flexibility index (Phi) is 4.67. The Labute approximate surface area is 124 Å². The maximum Gasteiger partial charge on any atom is 0.317 e. The Morgan fingerprint density at radius 2 is 2.00 bits per heavy atom. The molecule has 0 unspecified atom stereocenters. The second-order valence-electron chi connectivity index (χ2n) is 5.68. The SMILES string of the molecule is CC1(/C(N)=N/O)CCN(C(=O)NCc2ccccc2)CC1. The van der Waals surface area contributed by atoms with Crippen LogP contribution in [0.1, 0.15) is 25.3 Å². The molecular weight excluding hydrogens is 268 g/mol. The largest absolute Gasteiger partial charge is 0.409 e. The summed E-state index contributed by atoms with van der Waals surface area (Å²) >= 11 is 0. The van der Waals surface area contributed by atoms with Crippen LogP contribution in [0.5, 0.6) is 0 Å². The van der Waals surface area contributed by atoms with Gasteiger partial charge in [-0.1, -0.05) is 42.4 Å². The molecule has 6 heteroatoms. The number of carbonyl (C=O) groups is 1. The van der Waals surface area contributed by atoms with Gasteiger partial charge in [-0.15, -0.1) is 0 Å². The minimum absolute atomic E-state index is 0.0691. The predicted octanol–water partition coefficient (Wildman–Crippen LogP) is 1.74. The highest BCUT2D eigenvalue weighted by atomic mass is 16.4. The van der Waals surface area contributed by atoms with E-state index in [9.17, 15) is 4.79 Å².